The molecule has 0 amide bonds. The van der Waals surface area contributed by atoms with Crippen molar-refractivity contribution in [1.82, 2.24) is 4.98 Å². The molecule has 4 aromatic rings. The molecule has 0 N–H and O–H groups in total. The molecule has 6 rings (SSSR count). The average Bonchev–Trinajstić information content (AvgIpc) is 3.39. The molecule has 0 fully saturated rings. The minimum absolute atomic E-state index is 0.166. The fourth-order valence-corrected chi connectivity index (χ4v) is 5.00. The maximum absolute atomic E-state index is 12.8. The summed E-state index contributed by atoms with van der Waals surface area (Å²) in [6.07, 6.45) is 0.870. The number of hydrogen-bond donors (Lipinski definition) is 0. The molecule has 0 spiro atoms. The fraction of sp³-hybridized carbons (Fsp3) is 0.185. The van der Waals surface area contributed by atoms with Gasteiger partial charge < -0.3 is 18.9 Å². The first-order chi connectivity index (χ1) is 16.1. The summed E-state index contributed by atoms with van der Waals surface area (Å²) in [5, 5.41) is 0.886. The molecule has 164 valence electrons. The Morgan fingerprint density at radius 1 is 0.848 bits per heavy atom. The van der Waals surface area contributed by atoms with Crippen molar-refractivity contribution in [3.05, 3.63) is 70.9 Å². The van der Waals surface area contributed by atoms with E-state index in [0.29, 0.717) is 28.5 Å². The zero-order valence-corrected chi connectivity index (χ0v) is 18.5. The van der Waals surface area contributed by atoms with Gasteiger partial charge in [0.15, 0.2) is 11.5 Å². The molecule has 1 aromatic heterocycles. The summed E-state index contributed by atoms with van der Waals surface area (Å²) in [4.78, 5) is 17.6. The van der Waals surface area contributed by atoms with E-state index in [9.17, 15) is 4.79 Å². The first kappa shape index (κ1) is 19.6. The second-order valence-electron chi connectivity index (χ2n) is 8.16. The van der Waals surface area contributed by atoms with E-state index in [0.717, 1.165) is 28.5 Å². The van der Waals surface area contributed by atoms with Crippen molar-refractivity contribution in [2.75, 3.05) is 21.3 Å². The van der Waals surface area contributed by atoms with E-state index in [2.05, 4.69) is 36.4 Å². The summed E-state index contributed by atoms with van der Waals surface area (Å²) in [5.41, 5.74) is 8.42. The second kappa shape index (κ2) is 7.24. The highest BCUT2D eigenvalue weighted by molar-refractivity contribution is 6.10. The van der Waals surface area contributed by atoms with E-state index >= 15 is 0 Å². The quantitative estimate of drug-likeness (QED) is 0.360. The molecule has 6 nitrogen and oxygen atoms in total. The van der Waals surface area contributed by atoms with Gasteiger partial charge in [-0.3, -0.25) is 0 Å². The standard InChI is InChI=1S/C27H21NO5/c1-30-22-10-16(11-23(31-2)26(22)32-3)24-19-12-18-15(8-14-6-4-5-7-17(14)18)9-20(19)28-21-13-33-27(29)25(21)24/h4-7,9-12H,8,13H2,1-3H3. The van der Waals surface area contributed by atoms with Gasteiger partial charge in [-0.1, -0.05) is 24.3 Å². The maximum Gasteiger partial charge on any atom is 0.341 e. The molecular formula is C27H21NO5. The normalized spacial score (nSPS) is 13.4. The number of hydrogen-bond acceptors (Lipinski definition) is 6. The van der Waals surface area contributed by atoms with Crippen molar-refractivity contribution in [2.45, 2.75) is 13.0 Å². The Hall–Kier alpha value is -4.06. The Kier molecular flexibility index (Phi) is 4.30. The summed E-state index contributed by atoms with van der Waals surface area (Å²) in [6.45, 7) is 0.166. The number of nitrogens with zero attached hydrogens (tertiary/aromatic N) is 1. The second-order valence-corrected chi connectivity index (χ2v) is 8.16. The van der Waals surface area contributed by atoms with Crippen LogP contribution in [-0.2, 0) is 17.8 Å². The van der Waals surface area contributed by atoms with E-state index in [1.54, 1.807) is 21.3 Å². The van der Waals surface area contributed by atoms with Gasteiger partial charge in [0, 0.05) is 10.9 Å². The minimum Gasteiger partial charge on any atom is -0.493 e. The summed E-state index contributed by atoms with van der Waals surface area (Å²) < 4.78 is 22.0. The Bertz CT molecular complexity index is 1450. The molecule has 0 saturated heterocycles. The molecule has 1 aliphatic heterocycles. The minimum atomic E-state index is -0.371. The van der Waals surface area contributed by atoms with Gasteiger partial charge >= 0.3 is 5.97 Å². The number of aromatic nitrogens is 1. The number of cyclic esters (lactones) is 1. The third-order valence-electron chi connectivity index (χ3n) is 6.47. The Balaban J connectivity index is 1.70. The molecule has 2 aliphatic rings. The highest BCUT2D eigenvalue weighted by atomic mass is 16.5. The van der Waals surface area contributed by atoms with Crippen LogP contribution in [0.2, 0.25) is 0 Å². The largest absolute Gasteiger partial charge is 0.493 e. The van der Waals surface area contributed by atoms with Gasteiger partial charge in [0.25, 0.3) is 0 Å². The number of carbonyl (C=O) groups is 1. The molecule has 6 heteroatoms. The third-order valence-corrected chi connectivity index (χ3v) is 6.47. The molecule has 0 unspecified atom stereocenters. The van der Waals surface area contributed by atoms with Gasteiger partial charge in [-0.2, -0.15) is 0 Å². The summed E-state index contributed by atoms with van der Waals surface area (Å²) >= 11 is 0. The van der Waals surface area contributed by atoms with Crippen LogP contribution in [-0.4, -0.2) is 32.3 Å². The molecule has 0 saturated carbocycles. The SMILES string of the molecule is COc1cc(-c2c3c(nc4cc5c(cc24)-c2ccccc2C5)COC3=O)cc(OC)c1OC. The van der Waals surface area contributed by atoms with Crippen molar-refractivity contribution in [3.8, 4) is 39.5 Å². The fourth-order valence-electron chi connectivity index (χ4n) is 5.00. The van der Waals surface area contributed by atoms with Crippen LogP contribution in [0.4, 0.5) is 0 Å². The van der Waals surface area contributed by atoms with Crippen molar-refractivity contribution in [1.29, 1.82) is 0 Å². The monoisotopic (exact) mass is 439 g/mol. The Morgan fingerprint density at radius 3 is 2.33 bits per heavy atom. The lowest BCUT2D eigenvalue weighted by Crippen LogP contribution is -2.02. The van der Waals surface area contributed by atoms with Gasteiger partial charge in [0.2, 0.25) is 5.75 Å². The lowest BCUT2D eigenvalue weighted by molar-refractivity contribution is 0.0534. The number of esters is 1. The van der Waals surface area contributed by atoms with Crippen molar-refractivity contribution < 1.29 is 23.7 Å². The number of carbonyl (C=O) groups excluding carboxylic acids is 1. The van der Waals surface area contributed by atoms with Gasteiger partial charge in [-0.05, 0) is 58.5 Å². The number of pyridine rings is 1. The predicted octanol–water partition coefficient (Wildman–Crippen LogP) is 5.17. The van der Waals surface area contributed by atoms with Crippen LogP contribution >= 0.6 is 0 Å². The topological polar surface area (TPSA) is 66.9 Å². The highest BCUT2D eigenvalue weighted by Gasteiger charge is 2.31. The van der Waals surface area contributed by atoms with Crippen LogP contribution in [0.25, 0.3) is 33.2 Å². The lowest BCUT2D eigenvalue weighted by Gasteiger charge is -2.17. The Morgan fingerprint density at radius 2 is 1.61 bits per heavy atom. The van der Waals surface area contributed by atoms with E-state index in [-0.39, 0.29) is 12.6 Å². The van der Waals surface area contributed by atoms with Gasteiger partial charge in [0.1, 0.15) is 6.61 Å². The number of ether oxygens (including phenoxy) is 4. The molecule has 2 heterocycles. The summed E-state index contributed by atoms with van der Waals surface area (Å²) in [5.74, 6) is 1.16. The van der Waals surface area contributed by atoms with Crippen molar-refractivity contribution >= 4 is 16.9 Å². The van der Waals surface area contributed by atoms with Crippen molar-refractivity contribution in [2.24, 2.45) is 0 Å². The van der Waals surface area contributed by atoms with Gasteiger partial charge in [0.05, 0.1) is 38.1 Å². The van der Waals surface area contributed by atoms with Crippen LogP contribution in [0, 0.1) is 0 Å². The smallest absolute Gasteiger partial charge is 0.341 e. The predicted molar refractivity (Wildman–Crippen MR) is 124 cm³/mol. The number of methoxy groups -OCH3 is 3. The lowest BCUT2D eigenvalue weighted by atomic mass is 9.92. The third kappa shape index (κ3) is 2.80. The summed E-state index contributed by atoms with van der Waals surface area (Å²) in [7, 11) is 4.72. The summed E-state index contributed by atoms with van der Waals surface area (Å²) in [6, 6.07) is 16.4. The zero-order chi connectivity index (χ0) is 22.7. The Labute approximate surface area is 190 Å². The molecule has 33 heavy (non-hydrogen) atoms. The first-order valence-electron chi connectivity index (χ1n) is 10.7. The zero-order valence-electron chi connectivity index (χ0n) is 18.5. The van der Waals surface area contributed by atoms with E-state index in [1.165, 1.54) is 22.3 Å². The van der Waals surface area contributed by atoms with E-state index in [4.69, 9.17) is 23.9 Å². The van der Waals surface area contributed by atoms with Crippen LogP contribution in [0.1, 0.15) is 27.2 Å². The van der Waals surface area contributed by atoms with Crippen LogP contribution < -0.4 is 14.2 Å². The maximum atomic E-state index is 12.8. The van der Waals surface area contributed by atoms with E-state index in [1.807, 2.05) is 12.1 Å². The molecule has 1 aliphatic carbocycles. The number of rotatable bonds is 4. The van der Waals surface area contributed by atoms with E-state index < -0.39 is 0 Å². The van der Waals surface area contributed by atoms with Gasteiger partial charge in [-0.15, -0.1) is 0 Å². The number of fused-ring (bicyclic) bond motifs is 5. The first-order valence-corrected chi connectivity index (χ1v) is 10.7. The average molecular weight is 439 g/mol. The van der Waals surface area contributed by atoms with Crippen LogP contribution in [0.5, 0.6) is 17.2 Å². The number of benzene rings is 3. The molecule has 0 atom stereocenters. The molecular weight excluding hydrogens is 418 g/mol. The molecule has 3 aromatic carbocycles. The van der Waals surface area contributed by atoms with Gasteiger partial charge in [-0.25, -0.2) is 9.78 Å². The molecule has 0 bridgehead atoms. The van der Waals surface area contributed by atoms with Crippen molar-refractivity contribution in [3.63, 3.8) is 0 Å². The molecule has 0 radical (unpaired) electrons. The highest BCUT2D eigenvalue weighted by Crippen LogP contribution is 2.47. The van der Waals surface area contributed by atoms with Crippen LogP contribution in [0.15, 0.2) is 48.5 Å². The van der Waals surface area contributed by atoms with Crippen LogP contribution in [0.3, 0.4) is 0 Å².